The fourth-order valence-electron chi connectivity index (χ4n) is 3.51. The minimum atomic E-state index is -3.90. The van der Waals surface area contributed by atoms with Gasteiger partial charge in [0.2, 0.25) is 5.91 Å². The molecule has 10 heteroatoms. The van der Waals surface area contributed by atoms with Crippen molar-refractivity contribution < 1.29 is 18.0 Å². The van der Waals surface area contributed by atoms with Crippen LogP contribution in [0.4, 0.5) is 0 Å². The van der Waals surface area contributed by atoms with E-state index in [1.165, 1.54) is 11.3 Å². The number of fused-ring (bicyclic) bond motifs is 1. The zero-order valence-corrected chi connectivity index (χ0v) is 19.9. The zero-order chi connectivity index (χ0) is 21.9. The van der Waals surface area contributed by atoms with Gasteiger partial charge in [-0.2, -0.15) is 4.99 Å². The SMILES string of the molecule is C=CCn1c(=NC(=O)CS(=O)(=O)CC(=O)N2CCCC(C)C2)sc2cc(Br)ccc21. The Bertz CT molecular complexity index is 1150. The number of nitrogens with zero attached hydrogens (tertiary/aromatic N) is 3. The Balaban J connectivity index is 1.78. The first-order valence-electron chi connectivity index (χ1n) is 9.64. The highest BCUT2D eigenvalue weighted by molar-refractivity contribution is 9.10. The van der Waals surface area contributed by atoms with Crippen LogP contribution < -0.4 is 4.80 Å². The zero-order valence-electron chi connectivity index (χ0n) is 16.7. The maximum Gasteiger partial charge on any atom is 0.263 e. The van der Waals surface area contributed by atoms with Crippen molar-refractivity contribution in [3.63, 3.8) is 0 Å². The van der Waals surface area contributed by atoms with Gasteiger partial charge in [-0.05, 0) is 37.0 Å². The quantitative estimate of drug-likeness (QED) is 0.555. The number of allylic oxidation sites excluding steroid dienone is 1. The molecule has 1 aromatic heterocycles. The molecule has 2 heterocycles. The van der Waals surface area contributed by atoms with Gasteiger partial charge < -0.3 is 9.47 Å². The van der Waals surface area contributed by atoms with Crippen LogP contribution in [-0.4, -0.2) is 54.3 Å². The molecule has 0 N–H and O–H groups in total. The van der Waals surface area contributed by atoms with Crippen molar-refractivity contribution in [3.8, 4) is 0 Å². The van der Waals surface area contributed by atoms with Crippen molar-refractivity contribution in [2.45, 2.75) is 26.3 Å². The molecule has 0 aliphatic carbocycles. The van der Waals surface area contributed by atoms with Crippen LogP contribution in [0.15, 0.2) is 40.3 Å². The van der Waals surface area contributed by atoms with Gasteiger partial charge >= 0.3 is 0 Å². The van der Waals surface area contributed by atoms with E-state index in [0.29, 0.717) is 30.4 Å². The van der Waals surface area contributed by atoms with E-state index in [2.05, 4.69) is 27.5 Å². The lowest BCUT2D eigenvalue weighted by Gasteiger charge is -2.30. The van der Waals surface area contributed by atoms with Gasteiger partial charge in [0.05, 0.1) is 10.2 Å². The molecule has 1 saturated heterocycles. The van der Waals surface area contributed by atoms with Crippen LogP contribution in [0, 0.1) is 5.92 Å². The minimum absolute atomic E-state index is 0.357. The number of amides is 2. The van der Waals surface area contributed by atoms with E-state index >= 15 is 0 Å². The smallest absolute Gasteiger partial charge is 0.263 e. The van der Waals surface area contributed by atoms with Gasteiger partial charge in [-0.3, -0.25) is 9.59 Å². The lowest BCUT2D eigenvalue weighted by molar-refractivity contribution is -0.130. The second-order valence-electron chi connectivity index (χ2n) is 7.52. The van der Waals surface area contributed by atoms with Crippen molar-refractivity contribution in [1.29, 1.82) is 0 Å². The van der Waals surface area contributed by atoms with Gasteiger partial charge in [0.1, 0.15) is 11.5 Å². The van der Waals surface area contributed by atoms with Crippen LogP contribution in [0.5, 0.6) is 0 Å². The number of hydrogen-bond donors (Lipinski definition) is 0. The summed E-state index contributed by atoms with van der Waals surface area (Å²) in [5.74, 6) is -2.31. The van der Waals surface area contributed by atoms with E-state index in [1.807, 2.05) is 29.7 Å². The normalized spacial score (nSPS) is 18.0. The third-order valence-electron chi connectivity index (χ3n) is 4.87. The number of carbonyl (C=O) groups excluding carboxylic acids is 2. The lowest BCUT2D eigenvalue weighted by atomic mass is 10.0. The van der Waals surface area contributed by atoms with Crippen LogP contribution in [0.25, 0.3) is 10.2 Å². The monoisotopic (exact) mass is 513 g/mol. The fourth-order valence-corrected chi connectivity index (χ4v) is 6.22. The molecule has 3 rings (SSSR count). The molecule has 0 bridgehead atoms. The number of halogens is 1. The summed E-state index contributed by atoms with van der Waals surface area (Å²) in [4.78, 5) is 30.8. The second kappa shape index (κ2) is 9.57. The third kappa shape index (κ3) is 5.67. The summed E-state index contributed by atoms with van der Waals surface area (Å²) in [6, 6.07) is 5.70. The maximum atomic E-state index is 12.4. The second-order valence-corrected chi connectivity index (χ2v) is 11.5. The number of aromatic nitrogens is 1. The Morgan fingerprint density at radius 3 is 2.83 bits per heavy atom. The Hall–Kier alpha value is -1.78. The first-order chi connectivity index (χ1) is 14.2. The van der Waals surface area contributed by atoms with E-state index < -0.39 is 33.2 Å². The van der Waals surface area contributed by atoms with E-state index in [4.69, 9.17) is 0 Å². The maximum absolute atomic E-state index is 12.4. The van der Waals surface area contributed by atoms with Gasteiger partial charge in [0, 0.05) is 24.1 Å². The molecule has 0 saturated carbocycles. The number of rotatable bonds is 6. The van der Waals surface area contributed by atoms with Gasteiger partial charge in [-0.25, -0.2) is 8.42 Å². The molecule has 0 radical (unpaired) electrons. The number of carbonyl (C=O) groups is 2. The largest absolute Gasteiger partial charge is 0.342 e. The van der Waals surface area contributed by atoms with Crippen molar-refractivity contribution in [3.05, 3.63) is 40.1 Å². The van der Waals surface area contributed by atoms with Crippen LogP contribution in [0.2, 0.25) is 0 Å². The molecule has 2 amide bonds. The van der Waals surface area contributed by atoms with Gasteiger partial charge in [-0.1, -0.05) is 40.3 Å². The Labute approximate surface area is 188 Å². The molecule has 30 heavy (non-hydrogen) atoms. The molecule has 1 fully saturated rings. The number of benzene rings is 1. The predicted octanol–water partition coefficient (Wildman–Crippen LogP) is 2.75. The van der Waals surface area contributed by atoms with Crippen LogP contribution in [0.3, 0.4) is 0 Å². The molecular weight excluding hydrogens is 490 g/mol. The Morgan fingerprint density at radius 1 is 1.37 bits per heavy atom. The molecule has 162 valence electrons. The molecule has 7 nitrogen and oxygen atoms in total. The summed E-state index contributed by atoms with van der Waals surface area (Å²) in [7, 11) is -3.90. The topological polar surface area (TPSA) is 88.8 Å². The molecular formula is C20H24BrN3O4S2. The predicted molar refractivity (Wildman–Crippen MR) is 122 cm³/mol. The summed E-state index contributed by atoms with van der Waals surface area (Å²) in [5, 5.41) is 0. The van der Waals surface area contributed by atoms with Crippen molar-refractivity contribution >= 4 is 59.1 Å². The van der Waals surface area contributed by atoms with Gasteiger partial charge in [0.25, 0.3) is 5.91 Å². The van der Waals surface area contributed by atoms with Crippen molar-refractivity contribution in [2.24, 2.45) is 10.9 Å². The van der Waals surface area contributed by atoms with E-state index in [9.17, 15) is 18.0 Å². The van der Waals surface area contributed by atoms with Crippen molar-refractivity contribution in [1.82, 2.24) is 9.47 Å². The van der Waals surface area contributed by atoms with E-state index in [1.54, 1.807) is 11.0 Å². The minimum Gasteiger partial charge on any atom is -0.342 e. The molecule has 0 spiro atoms. The fraction of sp³-hybridized carbons (Fsp3) is 0.450. The van der Waals surface area contributed by atoms with Crippen LogP contribution in [-0.2, 0) is 26.0 Å². The number of thiazole rings is 1. The number of sulfone groups is 1. The standard InChI is InChI=1S/C20H24BrN3O4S2/c1-3-8-24-16-7-6-15(21)10-17(16)29-20(24)22-18(25)12-30(27,28)13-19(26)23-9-4-5-14(2)11-23/h3,6-7,10,14H,1,4-5,8-9,11-13H2,2H3. The number of hydrogen-bond acceptors (Lipinski definition) is 5. The molecule has 1 unspecified atom stereocenters. The van der Waals surface area contributed by atoms with Crippen molar-refractivity contribution in [2.75, 3.05) is 24.6 Å². The summed E-state index contributed by atoms with van der Waals surface area (Å²) < 4.78 is 28.5. The number of likely N-dealkylation sites (tertiary alicyclic amines) is 1. The average Bonchev–Trinajstić information content (AvgIpc) is 2.97. The van der Waals surface area contributed by atoms with E-state index in [-0.39, 0.29) is 0 Å². The van der Waals surface area contributed by atoms with Crippen LogP contribution in [0.1, 0.15) is 19.8 Å². The summed E-state index contributed by atoms with van der Waals surface area (Å²) in [6.07, 6.45) is 3.59. The van der Waals surface area contributed by atoms with Crippen LogP contribution >= 0.6 is 27.3 Å². The Morgan fingerprint density at radius 2 is 2.13 bits per heavy atom. The lowest BCUT2D eigenvalue weighted by Crippen LogP contribution is -2.42. The first kappa shape index (κ1) is 22.9. The summed E-state index contributed by atoms with van der Waals surface area (Å²) >= 11 is 4.72. The Kier molecular flexibility index (Phi) is 7.30. The molecule has 2 aromatic rings. The molecule has 1 aliphatic rings. The third-order valence-corrected chi connectivity index (χ3v) is 7.78. The average molecular weight is 514 g/mol. The highest BCUT2D eigenvalue weighted by Crippen LogP contribution is 2.22. The highest BCUT2D eigenvalue weighted by Gasteiger charge is 2.27. The highest BCUT2D eigenvalue weighted by atomic mass is 79.9. The molecule has 1 aliphatic heterocycles. The van der Waals surface area contributed by atoms with E-state index in [0.717, 1.165) is 27.5 Å². The van der Waals surface area contributed by atoms with Gasteiger partial charge in [0.15, 0.2) is 14.6 Å². The van der Waals surface area contributed by atoms with Gasteiger partial charge in [-0.15, -0.1) is 6.58 Å². The molecule has 1 aromatic carbocycles. The molecule has 1 atom stereocenters. The summed E-state index contributed by atoms with van der Waals surface area (Å²) in [5.41, 5.74) is 0.881. The first-order valence-corrected chi connectivity index (χ1v) is 13.1. The number of piperidine rings is 1. The summed E-state index contributed by atoms with van der Waals surface area (Å²) in [6.45, 7) is 7.34.